The van der Waals surface area contributed by atoms with Gasteiger partial charge in [0, 0.05) is 23.6 Å². The molecular weight excluding hydrogens is 330 g/mol. The van der Waals surface area contributed by atoms with Crippen LogP contribution in [0.15, 0.2) is 77.7 Å². The Labute approximate surface area is 150 Å². The summed E-state index contributed by atoms with van der Waals surface area (Å²) in [5, 5.41) is 0. The number of benzene rings is 1. The van der Waals surface area contributed by atoms with Crippen LogP contribution in [-0.2, 0) is 16.1 Å². The largest absolute Gasteiger partial charge is 0.467 e. The number of hydrogen-bond donors (Lipinski definition) is 0. The Bertz CT molecular complexity index is 895. The van der Waals surface area contributed by atoms with E-state index in [4.69, 9.17) is 4.42 Å². The number of hydrogen-bond acceptors (Lipinski definition) is 4. The number of nitrogens with zero attached hydrogens (tertiary/aromatic N) is 3. The van der Waals surface area contributed by atoms with E-state index in [0.29, 0.717) is 17.0 Å². The molecule has 1 fully saturated rings. The lowest BCUT2D eigenvalue weighted by atomic mass is 10.0. The molecular formula is C20H17N3O3. The number of aromatic nitrogens is 1. The van der Waals surface area contributed by atoms with Crippen LogP contribution in [0.4, 0.5) is 5.69 Å². The van der Waals surface area contributed by atoms with Crippen molar-refractivity contribution in [3.8, 4) is 0 Å². The second-order valence-corrected chi connectivity index (χ2v) is 6.05. The highest BCUT2D eigenvalue weighted by Crippen LogP contribution is 2.31. The van der Waals surface area contributed by atoms with Crippen molar-refractivity contribution in [3.63, 3.8) is 0 Å². The van der Waals surface area contributed by atoms with Crippen LogP contribution in [0.5, 0.6) is 0 Å². The molecule has 26 heavy (non-hydrogen) atoms. The van der Waals surface area contributed by atoms with Gasteiger partial charge in [-0.2, -0.15) is 0 Å². The maximum absolute atomic E-state index is 13.3. The highest BCUT2D eigenvalue weighted by atomic mass is 16.3. The normalized spacial score (nSPS) is 17.6. The molecule has 1 atom stereocenters. The Kier molecular flexibility index (Phi) is 4.23. The average molecular weight is 347 g/mol. The summed E-state index contributed by atoms with van der Waals surface area (Å²) in [5.74, 6) is 0.335. The number of anilines is 1. The van der Waals surface area contributed by atoms with Crippen molar-refractivity contribution in [2.24, 2.45) is 0 Å². The molecule has 0 N–H and O–H groups in total. The minimum Gasteiger partial charge on any atom is -0.467 e. The molecule has 2 aromatic heterocycles. The van der Waals surface area contributed by atoms with E-state index >= 15 is 0 Å². The van der Waals surface area contributed by atoms with Crippen molar-refractivity contribution in [1.29, 1.82) is 0 Å². The number of piperazine rings is 1. The van der Waals surface area contributed by atoms with Crippen LogP contribution in [-0.4, -0.2) is 28.2 Å². The maximum Gasteiger partial charge on any atom is 0.254 e. The summed E-state index contributed by atoms with van der Waals surface area (Å²) in [6, 6.07) is 15.6. The van der Waals surface area contributed by atoms with Gasteiger partial charge in [0.05, 0.1) is 12.8 Å². The summed E-state index contributed by atoms with van der Waals surface area (Å²) in [7, 11) is 0. The molecule has 6 nitrogen and oxygen atoms in total. The van der Waals surface area contributed by atoms with Crippen molar-refractivity contribution in [1.82, 2.24) is 9.88 Å². The third kappa shape index (κ3) is 2.97. The summed E-state index contributed by atoms with van der Waals surface area (Å²) in [5.41, 5.74) is 1.38. The lowest BCUT2D eigenvalue weighted by molar-refractivity contribution is -0.144. The van der Waals surface area contributed by atoms with Gasteiger partial charge in [0.25, 0.3) is 5.91 Å². The van der Waals surface area contributed by atoms with Gasteiger partial charge >= 0.3 is 0 Å². The van der Waals surface area contributed by atoms with Gasteiger partial charge in [-0.3, -0.25) is 14.6 Å². The molecule has 0 bridgehead atoms. The highest BCUT2D eigenvalue weighted by Gasteiger charge is 2.41. The Morgan fingerprint density at radius 3 is 2.58 bits per heavy atom. The number of para-hydroxylation sites is 1. The minimum atomic E-state index is -0.741. The summed E-state index contributed by atoms with van der Waals surface area (Å²) in [4.78, 5) is 33.4. The molecule has 2 amide bonds. The number of amides is 2. The van der Waals surface area contributed by atoms with Gasteiger partial charge in [0.15, 0.2) is 0 Å². The zero-order valence-electron chi connectivity index (χ0n) is 14.0. The first-order chi connectivity index (χ1) is 12.7. The van der Waals surface area contributed by atoms with Crippen LogP contribution in [0.1, 0.15) is 17.4 Å². The molecule has 0 aliphatic carbocycles. The second kappa shape index (κ2) is 6.84. The zero-order chi connectivity index (χ0) is 17.9. The van der Waals surface area contributed by atoms with Gasteiger partial charge in [-0.05, 0) is 30.3 Å². The van der Waals surface area contributed by atoms with E-state index in [1.165, 1.54) is 4.90 Å². The van der Waals surface area contributed by atoms with Gasteiger partial charge < -0.3 is 14.2 Å². The Balaban J connectivity index is 1.73. The molecule has 0 spiro atoms. The van der Waals surface area contributed by atoms with Gasteiger partial charge in [-0.15, -0.1) is 0 Å². The Hall–Kier alpha value is -3.41. The molecule has 1 aliphatic rings. The number of carbonyl (C=O) groups excluding carboxylic acids is 2. The summed E-state index contributed by atoms with van der Waals surface area (Å²) >= 11 is 0. The average Bonchev–Trinajstić information content (AvgIpc) is 3.19. The van der Waals surface area contributed by atoms with Crippen LogP contribution < -0.4 is 4.90 Å². The molecule has 3 aromatic rings. The Morgan fingerprint density at radius 1 is 1.04 bits per heavy atom. The fraction of sp³-hybridized carbons (Fsp3) is 0.150. The standard InChI is InChI=1S/C20H17N3O3/c24-18-14-22(16-7-2-1-3-8-16)20(25)19(15-6-4-10-21-12-15)23(18)13-17-9-5-11-26-17/h1-12,19H,13-14H2/t19-/m0/s1. The monoisotopic (exact) mass is 347 g/mol. The fourth-order valence-electron chi connectivity index (χ4n) is 3.17. The lowest BCUT2D eigenvalue weighted by Gasteiger charge is -2.40. The molecule has 3 heterocycles. The minimum absolute atomic E-state index is 0.000315. The van der Waals surface area contributed by atoms with E-state index < -0.39 is 6.04 Å². The molecule has 6 heteroatoms. The van der Waals surface area contributed by atoms with Crippen LogP contribution in [0.2, 0.25) is 0 Å². The lowest BCUT2D eigenvalue weighted by Crippen LogP contribution is -2.55. The van der Waals surface area contributed by atoms with Crippen LogP contribution in [0, 0.1) is 0 Å². The van der Waals surface area contributed by atoms with Crippen molar-refractivity contribution >= 4 is 17.5 Å². The molecule has 130 valence electrons. The topological polar surface area (TPSA) is 66.7 Å². The Morgan fingerprint density at radius 2 is 1.88 bits per heavy atom. The van der Waals surface area contributed by atoms with E-state index in [-0.39, 0.29) is 24.9 Å². The molecule has 0 saturated carbocycles. The molecule has 4 rings (SSSR count). The van der Waals surface area contributed by atoms with Crippen LogP contribution in [0.3, 0.4) is 0 Å². The van der Waals surface area contributed by atoms with Crippen LogP contribution >= 0.6 is 0 Å². The SMILES string of the molecule is O=C1[C@H](c2cccnc2)N(Cc2ccco2)C(=O)CN1c1ccccc1. The first-order valence-electron chi connectivity index (χ1n) is 8.32. The predicted molar refractivity (Wildman–Crippen MR) is 95.0 cm³/mol. The molecule has 0 unspecified atom stereocenters. The molecule has 1 aliphatic heterocycles. The second-order valence-electron chi connectivity index (χ2n) is 6.05. The summed E-state index contributed by atoms with van der Waals surface area (Å²) < 4.78 is 5.38. The van der Waals surface area contributed by atoms with Gasteiger partial charge in [-0.25, -0.2) is 0 Å². The maximum atomic E-state index is 13.3. The van der Waals surface area contributed by atoms with E-state index in [1.54, 1.807) is 41.8 Å². The third-order valence-corrected chi connectivity index (χ3v) is 4.40. The van der Waals surface area contributed by atoms with E-state index in [0.717, 1.165) is 0 Å². The zero-order valence-corrected chi connectivity index (χ0v) is 14.0. The van der Waals surface area contributed by atoms with Crippen molar-refractivity contribution in [2.45, 2.75) is 12.6 Å². The van der Waals surface area contributed by atoms with E-state index in [9.17, 15) is 9.59 Å². The quantitative estimate of drug-likeness (QED) is 0.728. The number of furan rings is 1. The van der Waals surface area contributed by atoms with Crippen molar-refractivity contribution in [3.05, 3.63) is 84.6 Å². The molecule has 1 saturated heterocycles. The fourth-order valence-corrected chi connectivity index (χ4v) is 3.17. The molecule has 0 radical (unpaired) electrons. The van der Waals surface area contributed by atoms with E-state index in [2.05, 4.69) is 4.98 Å². The highest BCUT2D eigenvalue weighted by molar-refractivity contribution is 6.06. The predicted octanol–water partition coefficient (Wildman–Crippen LogP) is 2.79. The first kappa shape index (κ1) is 16.1. The number of rotatable bonds is 4. The van der Waals surface area contributed by atoms with Gasteiger partial charge in [0.2, 0.25) is 5.91 Å². The molecule has 1 aromatic carbocycles. The first-order valence-corrected chi connectivity index (χ1v) is 8.32. The van der Waals surface area contributed by atoms with Gasteiger partial charge in [0.1, 0.15) is 18.3 Å². The smallest absolute Gasteiger partial charge is 0.254 e. The third-order valence-electron chi connectivity index (χ3n) is 4.40. The van der Waals surface area contributed by atoms with Crippen molar-refractivity contribution in [2.75, 3.05) is 11.4 Å². The van der Waals surface area contributed by atoms with E-state index in [1.807, 2.05) is 36.4 Å². The summed E-state index contributed by atoms with van der Waals surface area (Å²) in [6.45, 7) is 0.236. The number of pyridine rings is 1. The van der Waals surface area contributed by atoms with Crippen LogP contribution in [0.25, 0.3) is 0 Å². The van der Waals surface area contributed by atoms with Gasteiger partial charge in [-0.1, -0.05) is 24.3 Å². The number of carbonyl (C=O) groups is 2. The summed E-state index contributed by atoms with van der Waals surface area (Å²) in [6.07, 6.45) is 4.82. The van der Waals surface area contributed by atoms with Crippen molar-refractivity contribution < 1.29 is 14.0 Å².